The Hall–Kier alpha value is -2.39. The fraction of sp³-hybridized carbons (Fsp3) is 0.357. The molecule has 2 amide bonds. The number of amides is 2. The number of carbonyl (C=O) groups is 2. The van der Waals surface area contributed by atoms with Crippen molar-refractivity contribution in [2.45, 2.75) is 25.5 Å². The van der Waals surface area contributed by atoms with Gasteiger partial charge in [-0.05, 0) is 18.9 Å². The van der Waals surface area contributed by atoms with Crippen LogP contribution in [0.4, 0.5) is 0 Å². The summed E-state index contributed by atoms with van der Waals surface area (Å²) in [4.78, 5) is 23.1. The molecule has 0 spiro atoms. The molecule has 0 aliphatic carbocycles. The highest BCUT2D eigenvalue weighted by Crippen LogP contribution is 2.13. The summed E-state index contributed by atoms with van der Waals surface area (Å²) in [5, 5.41) is 21.0. The number of hydrogen-bond donors (Lipinski definition) is 3. The Labute approximate surface area is 117 Å². The van der Waals surface area contributed by atoms with Crippen molar-refractivity contribution in [3.63, 3.8) is 0 Å². The summed E-state index contributed by atoms with van der Waals surface area (Å²) in [6, 6.07) is 9.32. The lowest BCUT2D eigenvalue weighted by molar-refractivity contribution is -0.133. The number of primary amides is 1. The highest BCUT2D eigenvalue weighted by molar-refractivity contribution is 5.89. The number of aliphatic hydroxyl groups excluding tert-OH is 1. The van der Waals surface area contributed by atoms with Crippen LogP contribution in [0.1, 0.15) is 25.0 Å². The third-order valence-electron chi connectivity index (χ3n) is 2.83. The predicted molar refractivity (Wildman–Crippen MR) is 71.9 cm³/mol. The van der Waals surface area contributed by atoms with Crippen LogP contribution in [0.3, 0.4) is 0 Å². The van der Waals surface area contributed by atoms with Gasteiger partial charge in [-0.2, -0.15) is 5.26 Å². The average Bonchev–Trinajstić information content (AvgIpc) is 2.46. The van der Waals surface area contributed by atoms with E-state index in [2.05, 4.69) is 5.32 Å². The summed E-state index contributed by atoms with van der Waals surface area (Å²) in [5.74, 6) is -1.88. The average molecular weight is 275 g/mol. The van der Waals surface area contributed by atoms with Crippen molar-refractivity contribution in [3.05, 3.63) is 35.9 Å². The van der Waals surface area contributed by atoms with Crippen LogP contribution in [0.5, 0.6) is 0 Å². The number of aliphatic hydroxyl groups is 1. The minimum absolute atomic E-state index is 0.110. The molecule has 106 valence electrons. The Morgan fingerprint density at radius 1 is 1.40 bits per heavy atom. The van der Waals surface area contributed by atoms with Crippen LogP contribution in [0.2, 0.25) is 0 Å². The SMILES string of the molecule is C[C@@H](C#N)C[C@H](NC(=O)[C@@H](O)c1ccccc1)C(N)=O. The summed E-state index contributed by atoms with van der Waals surface area (Å²) < 4.78 is 0. The van der Waals surface area contributed by atoms with E-state index in [1.807, 2.05) is 6.07 Å². The van der Waals surface area contributed by atoms with Gasteiger partial charge in [-0.25, -0.2) is 0 Å². The van der Waals surface area contributed by atoms with Crippen molar-refractivity contribution >= 4 is 11.8 Å². The molecule has 0 aliphatic rings. The molecule has 0 radical (unpaired) electrons. The smallest absolute Gasteiger partial charge is 0.254 e. The predicted octanol–water partition coefficient (Wildman–Crippen LogP) is 0.240. The topological polar surface area (TPSA) is 116 Å². The van der Waals surface area contributed by atoms with E-state index in [1.54, 1.807) is 37.3 Å². The quantitative estimate of drug-likeness (QED) is 0.689. The molecule has 0 unspecified atom stereocenters. The fourth-order valence-corrected chi connectivity index (χ4v) is 1.69. The maximum atomic E-state index is 11.9. The maximum Gasteiger partial charge on any atom is 0.254 e. The van der Waals surface area contributed by atoms with Crippen molar-refractivity contribution in [2.75, 3.05) is 0 Å². The molecular formula is C14H17N3O3. The zero-order valence-electron chi connectivity index (χ0n) is 11.1. The summed E-state index contributed by atoms with van der Waals surface area (Å²) in [6.07, 6.45) is -1.27. The van der Waals surface area contributed by atoms with Crippen LogP contribution >= 0.6 is 0 Å². The van der Waals surface area contributed by atoms with Crippen molar-refractivity contribution in [2.24, 2.45) is 11.7 Å². The molecule has 1 rings (SSSR count). The van der Waals surface area contributed by atoms with E-state index in [0.29, 0.717) is 5.56 Å². The Kier molecular flexibility index (Phi) is 5.69. The first kappa shape index (κ1) is 15.7. The highest BCUT2D eigenvalue weighted by Gasteiger charge is 2.25. The van der Waals surface area contributed by atoms with Crippen molar-refractivity contribution in [1.29, 1.82) is 5.26 Å². The standard InChI is InChI=1S/C14H17N3O3/c1-9(8-15)7-11(13(16)19)17-14(20)12(18)10-5-3-2-4-6-10/h2-6,9,11-12,18H,7H2,1H3,(H2,16,19)(H,17,20)/t9-,11+,12+/m1/s1. The van der Waals surface area contributed by atoms with E-state index >= 15 is 0 Å². The first-order valence-corrected chi connectivity index (χ1v) is 6.18. The molecule has 3 atom stereocenters. The fourth-order valence-electron chi connectivity index (χ4n) is 1.69. The monoisotopic (exact) mass is 275 g/mol. The van der Waals surface area contributed by atoms with E-state index in [0.717, 1.165) is 0 Å². The van der Waals surface area contributed by atoms with Crippen LogP contribution in [-0.4, -0.2) is 23.0 Å². The lowest BCUT2D eigenvalue weighted by Gasteiger charge is -2.19. The van der Waals surface area contributed by atoms with Gasteiger partial charge in [0.1, 0.15) is 6.04 Å². The summed E-state index contributed by atoms with van der Waals surface area (Å²) in [5.41, 5.74) is 5.60. The van der Waals surface area contributed by atoms with Crippen LogP contribution in [0, 0.1) is 17.2 Å². The number of rotatable bonds is 6. The Bertz CT molecular complexity index is 510. The second-order valence-corrected chi connectivity index (χ2v) is 4.54. The molecule has 6 nitrogen and oxygen atoms in total. The summed E-state index contributed by atoms with van der Waals surface area (Å²) >= 11 is 0. The molecule has 0 bridgehead atoms. The maximum absolute atomic E-state index is 11.9. The van der Waals surface area contributed by atoms with Crippen molar-refractivity contribution in [1.82, 2.24) is 5.32 Å². The first-order chi connectivity index (χ1) is 9.45. The molecule has 0 heterocycles. The van der Waals surface area contributed by atoms with Gasteiger partial charge < -0.3 is 16.2 Å². The minimum Gasteiger partial charge on any atom is -0.378 e. The molecular weight excluding hydrogens is 258 g/mol. The van der Waals surface area contributed by atoms with Crippen LogP contribution < -0.4 is 11.1 Å². The number of benzene rings is 1. The van der Waals surface area contributed by atoms with E-state index in [4.69, 9.17) is 11.0 Å². The van der Waals surface area contributed by atoms with Crippen molar-refractivity contribution in [3.8, 4) is 6.07 Å². The van der Waals surface area contributed by atoms with Gasteiger partial charge in [0.15, 0.2) is 6.10 Å². The first-order valence-electron chi connectivity index (χ1n) is 6.18. The van der Waals surface area contributed by atoms with Gasteiger partial charge in [0.25, 0.3) is 5.91 Å². The van der Waals surface area contributed by atoms with Gasteiger partial charge in [0.05, 0.1) is 6.07 Å². The molecule has 1 aromatic rings. The molecule has 0 fully saturated rings. The molecule has 6 heteroatoms. The zero-order valence-corrected chi connectivity index (χ0v) is 11.1. The summed E-state index contributed by atoms with van der Waals surface area (Å²) in [7, 11) is 0. The normalized spacial score (nSPS) is 14.7. The lowest BCUT2D eigenvalue weighted by Crippen LogP contribution is -2.46. The van der Waals surface area contributed by atoms with E-state index in [9.17, 15) is 14.7 Å². The Morgan fingerprint density at radius 2 is 2.00 bits per heavy atom. The number of nitrogens with two attached hydrogens (primary N) is 1. The number of nitrogens with one attached hydrogen (secondary N) is 1. The van der Waals surface area contributed by atoms with Crippen LogP contribution in [-0.2, 0) is 9.59 Å². The molecule has 20 heavy (non-hydrogen) atoms. The van der Waals surface area contributed by atoms with E-state index < -0.39 is 29.9 Å². The zero-order chi connectivity index (χ0) is 15.1. The van der Waals surface area contributed by atoms with E-state index in [-0.39, 0.29) is 6.42 Å². The Balaban J connectivity index is 2.72. The molecule has 4 N–H and O–H groups in total. The summed E-state index contributed by atoms with van der Waals surface area (Å²) in [6.45, 7) is 1.62. The van der Waals surface area contributed by atoms with Gasteiger partial charge in [-0.1, -0.05) is 30.3 Å². The third-order valence-corrected chi connectivity index (χ3v) is 2.83. The van der Waals surface area contributed by atoms with Gasteiger partial charge >= 0.3 is 0 Å². The molecule has 0 saturated heterocycles. The number of hydrogen-bond acceptors (Lipinski definition) is 4. The number of nitriles is 1. The highest BCUT2D eigenvalue weighted by atomic mass is 16.3. The molecule has 1 aromatic carbocycles. The number of nitrogens with zero attached hydrogens (tertiary/aromatic N) is 1. The molecule has 0 aromatic heterocycles. The van der Waals surface area contributed by atoms with Crippen LogP contribution in [0.15, 0.2) is 30.3 Å². The minimum atomic E-state index is -1.38. The second kappa shape index (κ2) is 7.26. The molecule has 0 saturated carbocycles. The Morgan fingerprint density at radius 3 is 2.50 bits per heavy atom. The van der Waals surface area contributed by atoms with E-state index in [1.165, 1.54) is 0 Å². The van der Waals surface area contributed by atoms with Gasteiger partial charge in [-0.3, -0.25) is 9.59 Å². The van der Waals surface area contributed by atoms with Gasteiger partial charge in [-0.15, -0.1) is 0 Å². The van der Waals surface area contributed by atoms with Gasteiger partial charge in [0.2, 0.25) is 5.91 Å². The van der Waals surface area contributed by atoms with Gasteiger partial charge in [0, 0.05) is 5.92 Å². The largest absolute Gasteiger partial charge is 0.378 e. The third kappa shape index (κ3) is 4.37. The second-order valence-electron chi connectivity index (χ2n) is 4.54. The molecule has 0 aliphatic heterocycles. The van der Waals surface area contributed by atoms with Crippen LogP contribution in [0.25, 0.3) is 0 Å². The lowest BCUT2D eigenvalue weighted by atomic mass is 10.0. The number of carbonyl (C=O) groups excluding carboxylic acids is 2. The van der Waals surface area contributed by atoms with Crippen molar-refractivity contribution < 1.29 is 14.7 Å².